The molecule has 1 atom stereocenters. The zero-order chi connectivity index (χ0) is 26.4. The first-order valence-electron chi connectivity index (χ1n) is 13.1. The molecule has 1 aliphatic carbocycles. The average Bonchev–Trinajstić information content (AvgIpc) is 2.89. The lowest BCUT2D eigenvalue weighted by Gasteiger charge is -2.44. The summed E-state index contributed by atoms with van der Waals surface area (Å²) in [5.41, 5.74) is 3.78. The first-order valence-corrected chi connectivity index (χ1v) is 13.1. The quantitative estimate of drug-likeness (QED) is 0.226. The molecule has 202 valence electrons. The molecule has 3 aromatic carbocycles. The van der Waals surface area contributed by atoms with Crippen molar-refractivity contribution in [2.45, 2.75) is 57.5 Å². The summed E-state index contributed by atoms with van der Waals surface area (Å²) in [7, 11) is 4.09. The molecule has 0 heterocycles. The third-order valence-corrected chi connectivity index (χ3v) is 7.25. The van der Waals surface area contributed by atoms with E-state index < -0.39 is 5.60 Å². The second-order valence-electron chi connectivity index (χ2n) is 10.5. The fourth-order valence-corrected chi connectivity index (χ4v) is 5.17. The number of benzene rings is 3. The molecule has 0 bridgehead atoms. The molecule has 38 heavy (non-hydrogen) atoms. The standard InChI is InChI=1S/C32H37NO4.ClH/c1-23-8-12-26(13-9-23)30(34)36-28-18-16-25(17-19-28)29(22-33(3)4)32(20-6-5-7-21-32)37-31(35)27-14-10-24(2)11-15-27;/h8-19,29H,5-7,20-22H2,1-4H3;1H. The third kappa shape index (κ3) is 7.24. The third-order valence-electron chi connectivity index (χ3n) is 7.25. The van der Waals surface area contributed by atoms with Crippen LogP contribution in [0.15, 0.2) is 72.8 Å². The highest BCUT2D eigenvalue weighted by Gasteiger charge is 2.44. The maximum atomic E-state index is 13.3. The Morgan fingerprint density at radius 1 is 0.763 bits per heavy atom. The second-order valence-corrected chi connectivity index (χ2v) is 10.5. The number of rotatable bonds is 8. The molecule has 1 unspecified atom stereocenters. The van der Waals surface area contributed by atoms with E-state index in [1.165, 1.54) is 0 Å². The highest BCUT2D eigenvalue weighted by atomic mass is 35.5. The van der Waals surface area contributed by atoms with Crippen molar-refractivity contribution in [3.8, 4) is 5.75 Å². The Morgan fingerprint density at radius 2 is 1.26 bits per heavy atom. The van der Waals surface area contributed by atoms with Gasteiger partial charge in [0.25, 0.3) is 0 Å². The SMILES string of the molecule is Cc1ccc(C(=O)Oc2ccc(C(CN(C)C)C3(OC(=O)c4ccc(C)cc4)CCCCC3)cc2)cc1.Cl. The van der Waals surface area contributed by atoms with Crippen LogP contribution in [0.1, 0.15) is 75.4 Å². The van der Waals surface area contributed by atoms with Gasteiger partial charge in [0.2, 0.25) is 0 Å². The van der Waals surface area contributed by atoms with Crippen molar-refractivity contribution in [3.05, 3.63) is 101 Å². The van der Waals surface area contributed by atoms with Crippen LogP contribution in [-0.4, -0.2) is 43.1 Å². The smallest absolute Gasteiger partial charge is 0.343 e. The van der Waals surface area contributed by atoms with Crippen molar-refractivity contribution in [1.82, 2.24) is 4.90 Å². The summed E-state index contributed by atoms with van der Waals surface area (Å²) in [5.74, 6) is -0.172. The van der Waals surface area contributed by atoms with Crippen LogP contribution in [0.25, 0.3) is 0 Å². The topological polar surface area (TPSA) is 55.8 Å². The minimum absolute atomic E-state index is 0. The number of carbonyl (C=O) groups excluding carboxylic acids is 2. The van der Waals surface area contributed by atoms with Crippen molar-refractivity contribution in [2.24, 2.45) is 0 Å². The summed E-state index contributed by atoms with van der Waals surface area (Å²) in [4.78, 5) is 28.0. The van der Waals surface area contributed by atoms with Gasteiger partial charge in [-0.15, -0.1) is 12.4 Å². The number of nitrogens with zero attached hydrogens (tertiary/aromatic N) is 1. The zero-order valence-electron chi connectivity index (χ0n) is 22.7. The van der Waals surface area contributed by atoms with Crippen LogP contribution in [0, 0.1) is 13.8 Å². The van der Waals surface area contributed by atoms with E-state index >= 15 is 0 Å². The van der Waals surface area contributed by atoms with Gasteiger partial charge in [0.05, 0.1) is 11.1 Å². The molecular weight excluding hydrogens is 498 g/mol. The molecule has 4 rings (SSSR count). The van der Waals surface area contributed by atoms with Crippen molar-refractivity contribution in [2.75, 3.05) is 20.6 Å². The van der Waals surface area contributed by atoms with Crippen LogP contribution in [0.3, 0.4) is 0 Å². The van der Waals surface area contributed by atoms with Crippen molar-refractivity contribution < 1.29 is 19.1 Å². The maximum Gasteiger partial charge on any atom is 0.343 e. The molecule has 0 radical (unpaired) electrons. The van der Waals surface area contributed by atoms with Gasteiger partial charge in [0.15, 0.2) is 0 Å². The Labute approximate surface area is 232 Å². The Morgan fingerprint density at radius 3 is 1.76 bits per heavy atom. The Hall–Kier alpha value is -3.15. The van der Waals surface area contributed by atoms with Gasteiger partial charge in [-0.1, -0.05) is 53.9 Å². The number of ether oxygens (including phenoxy) is 2. The fourth-order valence-electron chi connectivity index (χ4n) is 5.17. The van der Waals surface area contributed by atoms with Gasteiger partial charge in [-0.3, -0.25) is 0 Å². The minimum Gasteiger partial charge on any atom is -0.455 e. The molecule has 0 aromatic heterocycles. The van der Waals surface area contributed by atoms with Crippen LogP contribution in [0.2, 0.25) is 0 Å². The summed E-state index contributed by atoms with van der Waals surface area (Å²) in [5, 5.41) is 0. The van der Waals surface area contributed by atoms with Crippen LogP contribution in [-0.2, 0) is 4.74 Å². The van der Waals surface area contributed by atoms with Gasteiger partial charge in [0, 0.05) is 12.5 Å². The molecule has 5 nitrogen and oxygen atoms in total. The fraction of sp³-hybridized carbons (Fsp3) is 0.375. The number of hydrogen-bond acceptors (Lipinski definition) is 5. The highest BCUT2D eigenvalue weighted by molar-refractivity contribution is 5.91. The molecule has 0 aliphatic heterocycles. The van der Waals surface area contributed by atoms with Crippen molar-refractivity contribution in [3.63, 3.8) is 0 Å². The lowest BCUT2D eigenvalue weighted by molar-refractivity contribution is -0.0575. The predicted octanol–water partition coefficient (Wildman–Crippen LogP) is 7.15. The van der Waals surface area contributed by atoms with E-state index in [1.54, 1.807) is 12.1 Å². The minimum atomic E-state index is -0.593. The van der Waals surface area contributed by atoms with Crippen LogP contribution >= 0.6 is 12.4 Å². The Kier molecular flexibility index (Phi) is 10.1. The molecule has 0 saturated heterocycles. The van der Waals surface area contributed by atoms with E-state index in [-0.39, 0.29) is 30.3 Å². The molecule has 3 aromatic rings. The molecule has 1 fully saturated rings. The monoisotopic (exact) mass is 535 g/mol. The number of hydrogen-bond donors (Lipinski definition) is 0. The van der Waals surface area contributed by atoms with E-state index in [1.807, 2.05) is 88.6 Å². The molecular formula is C32H38ClNO4. The normalized spacial score (nSPS) is 15.3. The van der Waals surface area contributed by atoms with Crippen molar-refractivity contribution in [1.29, 1.82) is 0 Å². The average molecular weight is 536 g/mol. The first kappa shape index (κ1) is 29.4. The van der Waals surface area contributed by atoms with Gasteiger partial charge in [0.1, 0.15) is 11.4 Å². The van der Waals surface area contributed by atoms with Gasteiger partial charge < -0.3 is 14.4 Å². The second kappa shape index (κ2) is 13.1. The highest BCUT2D eigenvalue weighted by Crippen LogP contribution is 2.44. The van der Waals surface area contributed by atoms with E-state index in [0.29, 0.717) is 16.9 Å². The number of aryl methyl sites for hydroxylation is 2. The lowest BCUT2D eigenvalue weighted by atomic mass is 9.72. The van der Waals surface area contributed by atoms with E-state index in [2.05, 4.69) is 4.90 Å². The number of carbonyl (C=O) groups is 2. The Bertz CT molecular complexity index is 1200. The lowest BCUT2D eigenvalue weighted by Crippen LogP contribution is -2.46. The van der Waals surface area contributed by atoms with Crippen molar-refractivity contribution >= 4 is 24.3 Å². The number of esters is 2. The molecule has 0 amide bonds. The summed E-state index contributed by atoms with van der Waals surface area (Å²) in [6.07, 6.45) is 4.85. The van der Waals surface area contributed by atoms with E-state index in [9.17, 15) is 9.59 Å². The summed E-state index contributed by atoms with van der Waals surface area (Å²) >= 11 is 0. The van der Waals surface area contributed by atoms with E-state index in [4.69, 9.17) is 9.47 Å². The van der Waals surface area contributed by atoms with Gasteiger partial charge in [-0.25, -0.2) is 9.59 Å². The zero-order valence-corrected chi connectivity index (χ0v) is 23.6. The molecule has 1 saturated carbocycles. The summed E-state index contributed by atoms with van der Waals surface area (Å²) < 4.78 is 12.1. The molecule has 6 heteroatoms. The van der Waals surface area contributed by atoms with Gasteiger partial charge in [-0.05, 0) is 95.6 Å². The first-order chi connectivity index (χ1) is 17.8. The number of halogens is 1. The molecule has 1 aliphatic rings. The molecule has 0 spiro atoms. The number of likely N-dealkylation sites (N-methyl/N-ethyl adjacent to an activating group) is 1. The van der Waals surface area contributed by atoms with Crippen LogP contribution < -0.4 is 4.74 Å². The largest absolute Gasteiger partial charge is 0.455 e. The van der Waals surface area contributed by atoms with Crippen LogP contribution in [0.5, 0.6) is 5.75 Å². The maximum absolute atomic E-state index is 13.3. The predicted molar refractivity (Wildman–Crippen MR) is 154 cm³/mol. The summed E-state index contributed by atoms with van der Waals surface area (Å²) in [6, 6.07) is 22.6. The molecule has 0 N–H and O–H groups in total. The van der Waals surface area contributed by atoms with Gasteiger partial charge >= 0.3 is 11.9 Å². The van der Waals surface area contributed by atoms with Gasteiger partial charge in [-0.2, -0.15) is 0 Å². The Balaban J connectivity index is 0.00000400. The van der Waals surface area contributed by atoms with E-state index in [0.717, 1.165) is 55.3 Å². The van der Waals surface area contributed by atoms with Crippen LogP contribution in [0.4, 0.5) is 0 Å². The summed E-state index contributed by atoms with van der Waals surface area (Å²) in [6.45, 7) is 4.73.